The van der Waals surface area contributed by atoms with Crippen molar-refractivity contribution >= 4 is 18.3 Å². The normalized spacial score (nSPS) is 20.9. The fraction of sp³-hybridized carbons (Fsp3) is 0.667. The van der Waals surface area contributed by atoms with Gasteiger partial charge in [0.05, 0.1) is 6.34 Å². The molecule has 2 amide bonds. The number of aliphatic imine (C=N–C) groups is 1. The van der Waals surface area contributed by atoms with Gasteiger partial charge in [0.15, 0.2) is 0 Å². The smallest absolute Gasteiger partial charge is 0.407 e. The van der Waals surface area contributed by atoms with Crippen molar-refractivity contribution in [2.45, 2.75) is 18.9 Å². The molecule has 0 aliphatic carbocycles. The predicted molar refractivity (Wildman–Crippen MR) is 54.9 cm³/mol. The molecular formula is C9H15N3O3. The number of carbonyl (C=O) groups is 2. The van der Waals surface area contributed by atoms with Crippen molar-refractivity contribution in [3.63, 3.8) is 0 Å². The van der Waals surface area contributed by atoms with Gasteiger partial charge in [0, 0.05) is 20.6 Å². The Morgan fingerprint density at radius 2 is 2.20 bits per heavy atom. The fourth-order valence-corrected chi connectivity index (χ4v) is 1.51. The van der Waals surface area contributed by atoms with Gasteiger partial charge in [0.2, 0.25) is 0 Å². The van der Waals surface area contributed by atoms with Gasteiger partial charge in [0.1, 0.15) is 6.04 Å². The Balaban J connectivity index is 2.63. The van der Waals surface area contributed by atoms with Crippen LogP contribution in [0.25, 0.3) is 0 Å². The molecular weight excluding hydrogens is 198 g/mol. The van der Waals surface area contributed by atoms with E-state index in [1.165, 1.54) is 6.34 Å². The molecule has 0 unspecified atom stereocenters. The summed E-state index contributed by atoms with van der Waals surface area (Å²) in [6.45, 7) is 0.420. The summed E-state index contributed by atoms with van der Waals surface area (Å²) < 4.78 is 0. The zero-order chi connectivity index (χ0) is 11.4. The highest BCUT2D eigenvalue weighted by atomic mass is 16.4. The molecule has 1 rings (SSSR count). The molecule has 1 heterocycles. The minimum Gasteiger partial charge on any atom is -0.465 e. The second kappa shape index (κ2) is 4.77. The summed E-state index contributed by atoms with van der Waals surface area (Å²) in [6.07, 6.45) is 1.63. The summed E-state index contributed by atoms with van der Waals surface area (Å²) in [4.78, 5) is 28.8. The van der Waals surface area contributed by atoms with Crippen molar-refractivity contribution < 1.29 is 14.7 Å². The molecule has 84 valence electrons. The number of rotatable bonds is 2. The van der Waals surface area contributed by atoms with Crippen molar-refractivity contribution in [3.8, 4) is 0 Å². The van der Waals surface area contributed by atoms with E-state index in [2.05, 4.69) is 4.99 Å². The molecule has 1 aliphatic rings. The van der Waals surface area contributed by atoms with Crippen LogP contribution in [0.1, 0.15) is 12.8 Å². The van der Waals surface area contributed by atoms with E-state index >= 15 is 0 Å². The Labute approximate surface area is 88.2 Å². The zero-order valence-corrected chi connectivity index (χ0v) is 8.88. The van der Waals surface area contributed by atoms with Crippen LogP contribution in [0.2, 0.25) is 0 Å². The topological polar surface area (TPSA) is 73.2 Å². The molecule has 6 heteroatoms. The van der Waals surface area contributed by atoms with Crippen LogP contribution in [0.4, 0.5) is 4.79 Å². The molecule has 0 spiro atoms. The van der Waals surface area contributed by atoms with E-state index in [4.69, 9.17) is 5.11 Å². The maximum atomic E-state index is 11.5. The highest BCUT2D eigenvalue weighted by molar-refractivity contribution is 5.91. The number of hydrogen-bond acceptors (Lipinski definition) is 2. The number of carboxylic acid groups (broad SMARTS) is 1. The van der Waals surface area contributed by atoms with E-state index in [0.29, 0.717) is 13.0 Å². The molecule has 0 radical (unpaired) electrons. The Morgan fingerprint density at radius 1 is 1.53 bits per heavy atom. The molecule has 1 aliphatic heterocycles. The molecule has 0 aromatic rings. The van der Waals surface area contributed by atoms with Gasteiger partial charge in [-0.1, -0.05) is 0 Å². The second-order valence-electron chi connectivity index (χ2n) is 3.68. The number of likely N-dealkylation sites (tertiary alicyclic amines) is 1. The van der Waals surface area contributed by atoms with Gasteiger partial charge in [-0.15, -0.1) is 0 Å². The van der Waals surface area contributed by atoms with Crippen LogP contribution >= 0.6 is 0 Å². The Kier molecular flexibility index (Phi) is 3.65. The van der Waals surface area contributed by atoms with E-state index in [0.717, 1.165) is 11.3 Å². The molecule has 0 aromatic heterocycles. The first-order chi connectivity index (χ1) is 7.02. The van der Waals surface area contributed by atoms with Gasteiger partial charge in [0.25, 0.3) is 5.91 Å². The van der Waals surface area contributed by atoms with Crippen LogP contribution in [0, 0.1) is 0 Å². The largest absolute Gasteiger partial charge is 0.465 e. The third-order valence-electron chi connectivity index (χ3n) is 2.20. The van der Waals surface area contributed by atoms with Gasteiger partial charge in [-0.3, -0.25) is 9.69 Å². The lowest BCUT2D eigenvalue weighted by molar-refractivity contribution is -0.121. The molecule has 0 aromatic carbocycles. The van der Waals surface area contributed by atoms with Gasteiger partial charge in [-0.25, -0.2) is 9.79 Å². The van der Waals surface area contributed by atoms with E-state index in [-0.39, 0.29) is 5.91 Å². The summed E-state index contributed by atoms with van der Waals surface area (Å²) in [5.74, 6) is -0.386. The summed E-state index contributed by atoms with van der Waals surface area (Å²) in [6, 6.07) is -0.598. The lowest BCUT2D eigenvalue weighted by Gasteiger charge is -2.18. The van der Waals surface area contributed by atoms with Gasteiger partial charge in [-0.2, -0.15) is 0 Å². The van der Waals surface area contributed by atoms with Gasteiger partial charge < -0.3 is 10.0 Å². The maximum Gasteiger partial charge on any atom is 0.407 e. The minimum atomic E-state index is -1.05. The van der Waals surface area contributed by atoms with Crippen molar-refractivity contribution in [3.05, 3.63) is 0 Å². The number of nitrogens with zero attached hydrogens (tertiary/aromatic N) is 3. The van der Waals surface area contributed by atoms with Crippen LogP contribution in [-0.4, -0.2) is 59.9 Å². The molecule has 0 bridgehead atoms. The monoisotopic (exact) mass is 213 g/mol. The second-order valence-corrected chi connectivity index (χ2v) is 3.68. The first kappa shape index (κ1) is 11.5. The molecule has 1 saturated heterocycles. The van der Waals surface area contributed by atoms with Gasteiger partial charge >= 0.3 is 6.09 Å². The highest BCUT2D eigenvalue weighted by Gasteiger charge is 2.33. The summed E-state index contributed by atoms with van der Waals surface area (Å²) in [5, 5.41) is 8.82. The molecule has 1 atom stereocenters. The Morgan fingerprint density at radius 3 is 2.73 bits per heavy atom. The van der Waals surface area contributed by atoms with Crippen LogP contribution in [0.3, 0.4) is 0 Å². The Hall–Kier alpha value is -1.59. The quantitative estimate of drug-likeness (QED) is 0.527. The van der Waals surface area contributed by atoms with E-state index in [9.17, 15) is 9.59 Å². The van der Waals surface area contributed by atoms with Crippen LogP contribution in [0.15, 0.2) is 4.99 Å². The summed E-state index contributed by atoms with van der Waals surface area (Å²) >= 11 is 0. The third kappa shape index (κ3) is 2.93. The van der Waals surface area contributed by atoms with Crippen molar-refractivity contribution in [2.24, 2.45) is 4.99 Å². The van der Waals surface area contributed by atoms with E-state index in [1.54, 1.807) is 19.0 Å². The number of carbonyl (C=O) groups excluding carboxylic acids is 1. The van der Waals surface area contributed by atoms with E-state index < -0.39 is 12.1 Å². The third-order valence-corrected chi connectivity index (χ3v) is 2.20. The lowest BCUT2D eigenvalue weighted by atomic mass is 10.2. The fourth-order valence-electron chi connectivity index (χ4n) is 1.51. The van der Waals surface area contributed by atoms with Crippen LogP contribution in [0.5, 0.6) is 0 Å². The molecule has 15 heavy (non-hydrogen) atoms. The first-order valence-corrected chi connectivity index (χ1v) is 4.76. The van der Waals surface area contributed by atoms with Crippen LogP contribution in [-0.2, 0) is 4.79 Å². The molecule has 0 saturated carbocycles. The zero-order valence-electron chi connectivity index (χ0n) is 8.88. The highest BCUT2D eigenvalue weighted by Crippen LogP contribution is 2.18. The molecule has 6 nitrogen and oxygen atoms in total. The average Bonchev–Trinajstić information content (AvgIpc) is 2.62. The SMILES string of the molecule is CN(C)C=NC(=O)[C@@H]1CCCN1C(=O)O. The molecule has 1 N–H and O–H groups in total. The first-order valence-electron chi connectivity index (χ1n) is 4.76. The minimum absolute atomic E-state index is 0.386. The number of hydrogen-bond donors (Lipinski definition) is 1. The van der Waals surface area contributed by atoms with E-state index in [1.807, 2.05) is 0 Å². The standard InChI is InChI=1S/C9H15N3O3/c1-11(2)6-10-8(13)7-4-3-5-12(7)9(14)15/h6-7H,3-5H2,1-2H3,(H,14,15)/t7-/m0/s1. The Bertz CT molecular complexity index is 288. The molecule has 1 fully saturated rings. The summed E-state index contributed by atoms with van der Waals surface area (Å²) in [7, 11) is 3.50. The predicted octanol–water partition coefficient (Wildman–Crippen LogP) is 0.245. The maximum absolute atomic E-state index is 11.5. The van der Waals surface area contributed by atoms with Crippen molar-refractivity contribution in [1.82, 2.24) is 9.80 Å². The van der Waals surface area contributed by atoms with Crippen molar-refractivity contribution in [1.29, 1.82) is 0 Å². The van der Waals surface area contributed by atoms with Crippen LogP contribution < -0.4 is 0 Å². The van der Waals surface area contributed by atoms with Gasteiger partial charge in [-0.05, 0) is 12.8 Å². The van der Waals surface area contributed by atoms with Crippen molar-refractivity contribution in [2.75, 3.05) is 20.6 Å². The summed E-state index contributed by atoms with van der Waals surface area (Å²) in [5.41, 5.74) is 0. The average molecular weight is 213 g/mol. The number of amides is 2. The lowest BCUT2D eigenvalue weighted by Crippen LogP contribution is -2.39.